The van der Waals surface area contributed by atoms with Crippen LogP contribution >= 0.6 is 0 Å². The van der Waals surface area contributed by atoms with Crippen molar-refractivity contribution in [2.75, 3.05) is 12.0 Å². The minimum Gasteiger partial charge on any atom is -0.496 e. The fourth-order valence-electron chi connectivity index (χ4n) is 4.16. The lowest BCUT2D eigenvalue weighted by Gasteiger charge is -2.41. The lowest BCUT2D eigenvalue weighted by Crippen LogP contribution is -2.48. The predicted octanol–water partition coefficient (Wildman–Crippen LogP) is 4.40. The SMILES string of the molecule is COc1ccccc1[C@H]1[C@@H](C(=O)NCc2ccco2)CCC(=O)N1c1ccc(C)cc1. The van der Waals surface area contributed by atoms with Gasteiger partial charge in [0.05, 0.1) is 31.9 Å². The van der Waals surface area contributed by atoms with Crippen LogP contribution in [0.15, 0.2) is 71.3 Å². The van der Waals surface area contributed by atoms with Gasteiger partial charge in [0.15, 0.2) is 0 Å². The molecule has 0 bridgehead atoms. The van der Waals surface area contributed by atoms with Crippen LogP contribution in [0.4, 0.5) is 5.69 Å². The number of para-hydroxylation sites is 1. The van der Waals surface area contributed by atoms with E-state index in [1.165, 1.54) is 0 Å². The highest BCUT2D eigenvalue weighted by molar-refractivity contribution is 5.97. The van der Waals surface area contributed by atoms with Crippen LogP contribution in [0.2, 0.25) is 0 Å². The largest absolute Gasteiger partial charge is 0.496 e. The maximum atomic E-state index is 13.3. The summed E-state index contributed by atoms with van der Waals surface area (Å²) >= 11 is 0. The molecule has 160 valence electrons. The molecule has 31 heavy (non-hydrogen) atoms. The summed E-state index contributed by atoms with van der Waals surface area (Å²) in [4.78, 5) is 28.1. The van der Waals surface area contributed by atoms with Crippen molar-refractivity contribution < 1.29 is 18.7 Å². The van der Waals surface area contributed by atoms with E-state index in [1.54, 1.807) is 24.3 Å². The third-order valence-electron chi connectivity index (χ3n) is 5.72. The zero-order valence-electron chi connectivity index (χ0n) is 17.7. The van der Waals surface area contributed by atoms with Crippen LogP contribution in [0.1, 0.15) is 35.8 Å². The first-order chi connectivity index (χ1) is 15.1. The first kappa shape index (κ1) is 20.7. The Morgan fingerprint density at radius 3 is 2.61 bits per heavy atom. The van der Waals surface area contributed by atoms with Crippen LogP contribution in [0, 0.1) is 12.8 Å². The van der Waals surface area contributed by atoms with E-state index in [-0.39, 0.29) is 11.8 Å². The number of rotatable bonds is 6. The number of nitrogens with one attached hydrogen (secondary N) is 1. The average Bonchev–Trinajstić information content (AvgIpc) is 3.31. The molecule has 0 saturated carbocycles. The summed E-state index contributed by atoms with van der Waals surface area (Å²) in [6, 6.07) is 18.5. The molecule has 2 heterocycles. The molecule has 4 rings (SSSR count). The zero-order chi connectivity index (χ0) is 21.8. The smallest absolute Gasteiger partial charge is 0.227 e. The summed E-state index contributed by atoms with van der Waals surface area (Å²) in [5.41, 5.74) is 2.70. The van der Waals surface area contributed by atoms with E-state index in [1.807, 2.05) is 61.5 Å². The second-order valence-corrected chi connectivity index (χ2v) is 7.73. The van der Waals surface area contributed by atoms with Crippen molar-refractivity contribution in [3.8, 4) is 5.75 Å². The minimum atomic E-state index is -0.475. The fraction of sp³-hybridized carbons (Fsp3) is 0.280. The molecule has 0 radical (unpaired) electrons. The van der Waals surface area contributed by atoms with Gasteiger partial charge in [0.2, 0.25) is 11.8 Å². The molecule has 1 aliphatic heterocycles. The van der Waals surface area contributed by atoms with Crippen molar-refractivity contribution in [3.05, 3.63) is 83.8 Å². The Labute approximate surface area is 181 Å². The number of ether oxygens (including phenoxy) is 1. The molecule has 1 aliphatic rings. The van der Waals surface area contributed by atoms with Crippen LogP contribution in [-0.2, 0) is 16.1 Å². The van der Waals surface area contributed by atoms with E-state index >= 15 is 0 Å². The molecule has 1 fully saturated rings. The summed E-state index contributed by atoms with van der Waals surface area (Å²) in [5.74, 6) is 0.796. The minimum absolute atomic E-state index is 0.00477. The number of hydrogen-bond donors (Lipinski definition) is 1. The third kappa shape index (κ3) is 4.33. The predicted molar refractivity (Wildman–Crippen MR) is 118 cm³/mol. The van der Waals surface area contributed by atoms with Gasteiger partial charge in [0.25, 0.3) is 0 Å². The molecule has 0 spiro atoms. The molecule has 6 nitrogen and oxygen atoms in total. The van der Waals surface area contributed by atoms with Gasteiger partial charge in [-0.15, -0.1) is 0 Å². The number of piperidine rings is 1. The maximum absolute atomic E-state index is 13.3. The summed E-state index contributed by atoms with van der Waals surface area (Å²) in [6.07, 6.45) is 2.35. The lowest BCUT2D eigenvalue weighted by atomic mass is 9.82. The van der Waals surface area contributed by atoms with Gasteiger partial charge in [-0.3, -0.25) is 9.59 Å². The van der Waals surface area contributed by atoms with E-state index in [2.05, 4.69) is 5.32 Å². The number of carbonyl (C=O) groups excluding carboxylic acids is 2. The van der Waals surface area contributed by atoms with Crippen LogP contribution in [0.5, 0.6) is 5.75 Å². The molecule has 1 aromatic heterocycles. The van der Waals surface area contributed by atoms with Crippen molar-refractivity contribution in [2.45, 2.75) is 32.4 Å². The molecule has 0 unspecified atom stereocenters. The summed E-state index contributed by atoms with van der Waals surface area (Å²) < 4.78 is 10.9. The van der Waals surface area contributed by atoms with Crippen LogP contribution < -0.4 is 15.0 Å². The van der Waals surface area contributed by atoms with Gasteiger partial charge in [-0.25, -0.2) is 0 Å². The van der Waals surface area contributed by atoms with Gasteiger partial charge in [-0.1, -0.05) is 35.9 Å². The van der Waals surface area contributed by atoms with Crippen molar-refractivity contribution in [1.29, 1.82) is 0 Å². The van der Waals surface area contributed by atoms with Gasteiger partial charge in [-0.2, -0.15) is 0 Å². The highest BCUT2D eigenvalue weighted by Gasteiger charge is 2.42. The van der Waals surface area contributed by atoms with Gasteiger partial charge in [0.1, 0.15) is 11.5 Å². The Morgan fingerprint density at radius 1 is 1.13 bits per heavy atom. The molecule has 1 N–H and O–H groups in total. The Bertz CT molecular complexity index is 1040. The van der Waals surface area contributed by atoms with Crippen molar-refractivity contribution in [3.63, 3.8) is 0 Å². The van der Waals surface area contributed by atoms with Gasteiger partial charge in [-0.05, 0) is 43.7 Å². The highest BCUT2D eigenvalue weighted by atomic mass is 16.5. The van der Waals surface area contributed by atoms with Crippen molar-refractivity contribution in [1.82, 2.24) is 5.32 Å². The number of anilines is 1. The third-order valence-corrected chi connectivity index (χ3v) is 5.72. The second kappa shape index (κ2) is 9.08. The van der Waals surface area contributed by atoms with E-state index in [9.17, 15) is 9.59 Å². The average molecular weight is 418 g/mol. The molecular weight excluding hydrogens is 392 g/mol. The van der Waals surface area contributed by atoms with Crippen LogP contribution in [0.25, 0.3) is 0 Å². The van der Waals surface area contributed by atoms with E-state index < -0.39 is 12.0 Å². The molecule has 3 aromatic rings. The number of hydrogen-bond acceptors (Lipinski definition) is 4. The topological polar surface area (TPSA) is 71.8 Å². The van der Waals surface area contributed by atoms with Crippen molar-refractivity contribution >= 4 is 17.5 Å². The first-order valence-corrected chi connectivity index (χ1v) is 10.4. The number of carbonyl (C=O) groups is 2. The zero-order valence-corrected chi connectivity index (χ0v) is 17.7. The Morgan fingerprint density at radius 2 is 1.90 bits per heavy atom. The fourth-order valence-corrected chi connectivity index (χ4v) is 4.16. The van der Waals surface area contributed by atoms with Gasteiger partial charge in [0, 0.05) is 17.7 Å². The van der Waals surface area contributed by atoms with Crippen LogP contribution in [0.3, 0.4) is 0 Å². The summed E-state index contributed by atoms with van der Waals surface area (Å²) in [7, 11) is 1.60. The van der Waals surface area contributed by atoms with E-state index in [4.69, 9.17) is 9.15 Å². The Hall–Kier alpha value is -3.54. The Balaban J connectivity index is 1.73. The van der Waals surface area contributed by atoms with Crippen molar-refractivity contribution in [2.24, 2.45) is 5.92 Å². The maximum Gasteiger partial charge on any atom is 0.227 e. The monoisotopic (exact) mass is 418 g/mol. The number of nitrogens with zero attached hydrogens (tertiary/aromatic N) is 1. The van der Waals surface area contributed by atoms with Crippen LogP contribution in [-0.4, -0.2) is 18.9 Å². The van der Waals surface area contributed by atoms with Gasteiger partial charge < -0.3 is 19.4 Å². The quantitative estimate of drug-likeness (QED) is 0.644. The molecule has 2 atom stereocenters. The summed E-state index contributed by atoms with van der Waals surface area (Å²) in [5, 5.41) is 2.98. The standard InChI is InChI=1S/C25H26N2O4/c1-17-9-11-18(12-10-17)27-23(28)14-13-21(25(29)26-16-19-6-5-15-31-19)24(27)20-7-3-4-8-22(20)30-2/h3-12,15,21,24H,13-14,16H2,1-2H3,(H,26,29)/t21-,24-/m0/s1. The normalized spacial score (nSPS) is 18.6. The molecule has 2 aromatic carbocycles. The highest BCUT2D eigenvalue weighted by Crippen LogP contribution is 2.43. The van der Waals surface area contributed by atoms with Gasteiger partial charge >= 0.3 is 0 Å². The number of benzene rings is 2. The molecule has 2 amide bonds. The number of aryl methyl sites for hydroxylation is 1. The Kier molecular flexibility index (Phi) is 6.07. The number of amides is 2. The molecule has 6 heteroatoms. The number of furan rings is 1. The number of methoxy groups -OCH3 is 1. The first-order valence-electron chi connectivity index (χ1n) is 10.4. The molecule has 1 saturated heterocycles. The molecule has 0 aliphatic carbocycles. The summed E-state index contributed by atoms with van der Waals surface area (Å²) in [6.45, 7) is 2.31. The van der Waals surface area contributed by atoms with E-state index in [0.29, 0.717) is 30.9 Å². The molecular formula is C25H26N2O4. The lowest BCUT2D eigenvalue weighted by molar-refractivity contribution is -0.129. The van der Waals surface area contributed by atoms with E-state index in [0.717, 1.165) is 16.8 Å². The second-order valence-electron chi connectivity index (χ2n) is 7.73.